The van der Waals surface area contributed by atoms with Crippen LogP contribution >= 0.6 is 0 Å². The van der Waals surface area contributed by atoms with E-state index in [1.54, 1.807) is 35.9 Å². The molecule has 0 fully saturated rings. The number of methoxy groups -OCH3 is 2. The van der Waals surface area contributed by atoms with Crippen LogP contribution in [0.5, 0.6) is 11.5 Å². The Morgan fingerprint density at radius 1 is 1.06 bits per heavy atom. The lowest BCUT2D eigenvalue weighted by atomic mass is 10.0. The van der Waals surface area contributed by atoms with E-state index in [0.29, 0.717) is 34.0 Å². The second kappa shape index (κ2) is 7.53. The summed E-state index contributed by atoms with van der Waals surface area (Å²) in [4.78, 5) is 8.78. The van der Waals surface area contributed by atoms with Crippen molar-refractivity contribution in [3.05, 3.63) is 53.9 Å². The summed E-state index contributed by atoms with van der Waals surface area (Å²) in [5, 5.41) is 3.88. The van der Waals surface area contributed by atoms with Gasteiger partial charge in [-0.25, -0.2) is 4.98 Å². The average Bonchev–Trinajstić information content (AvgIpc) is 3.20. The van der Waals surface area contributed by atoms with Crippen molar-refractivity contribution in [1.29, 1.82) is 0 Å². The number of halogens is 3. The molecule has 4 rings (SSSR count). The predicted molar refractivity (Wildman–Crippen MR) is 111 cm³/mol. The molecule has 0 saturated carbocycles. The van der Waals surface area contributed by atoms with Gasteiger partial charge in [-0.1, -0.05) is 0 Å². The number of fused-ring (bicyclic) bond motifs is 3. The van der Waals surface area contributed by atoms with E-state index in [4.69, 9.17) is 15.2 Å². The van der Waals surface area contributed by atoms with Crippen molar-refractivity contribution in [3.8, 4) is 11.5 Å². The summed E-state index contributed by atoms with van der Waals surface area (Å²) in [6, 6.07) is 6.53. The summed E-state index contributed by atoms with van der Waals surface area (Å²) in [7, 11) is 3.06. The zero-order valence-corrected chi connectivity index (χ0v) is 17.0. The summed E-state index contributed by atoms with van der Waals surface area (Å²) in [5.41, 5.74) is 6.08. The monoisotopic (exact) mass is 431 g/mol. The van der Waals surface area contributed by atoms with Crippen LogP contribution in [0.15, 0.2) is 42.7 Å². The number of nitrogens with two attached hydrogens (primary N) is 1. The van der Waals surface area contributed by atoms with Crippen LogP contribution in [0.1, 0.15) is 24.1 Å². The number of anilines is 2. The third-order valence-electron chi connectivity index (χ3n) is 5.01. The minimum absolute atomic E-state index is 0.0337. The molecule has 0 amide bonds. The lowest BCUT2D eigenvalue weighted by molar-refractivity contribution is -0.137. The molecule has 0 unspecified atom stereocenters. The summed E-state index contributed by atoms with van der Waals surface area (Å²) in [6.45, 7) is 1.74. The summed E-state index contributed by atoms with van der Waals surface area (Å²) >= 11 is 0. The molecule has 0 radical (unpaired) electrons. The second-order valence-electron chi connectivity index (χ2n) is 7.03. The lowest BCUT2D eigenvalue weighted by Crippen LogP contribution is -2.13. The number of nitrogens with zero attached hydrogens (tertiary/aromatic N) is 3. The van der Waals surface area contributed by atoms with E-state index in [2.05, 4.69) is 15.3 Å². The third kappa shape index (κ3) is 3.76. The number of hydrogen-bond acceptors (Lipinski definition) is 6. The van der Waals surface area contributed by atoms with E-state index in [1.807, 2.05) is 0 Å². The molecular weight excluding hydrogens is 411 g/mol. The SMILES string of the molecule is COc1cc2c(N[C@H](C)c3cc(N)cc(C(F)(F)F)c3)nc3nccn3c2cc1OC. The van der Waals surface area contributed by atoms with Crippen LogP contribution in [0.4, 0.5) is 24.7 Å². The predicted octanol–water partition coefficient (Wildman–Crippen LogP) is 4.67. The van der Waals surface area contributed by atoms with E-state index >= 15 is 0 Å². The highest BCUT2D eigenvalue weighted by Crippen LogP contribution is 2.37. The van der Waals surface area contributed by atoms with Crippen LogP contribution in [-0.4, -0.2) is 28.6 Å². The largest absolute Gasteiger partial charge is 0.493 e. The van der Waals surface area contributed by atoms with Crippen molar-refractivity contribution in [2.75, 3.05) is 25.3 Å². The fraction of sp³-hybridized carbons (Fsp3) is 0.238. The standard InChI is InChI=1S/C21H20F3N5O2/c1-11(12-6-13(21(22,23)24)8-14(25)7-12)27-19-15-9-17(30-2)18(31-3)10-16(15)29-5-4-26-20(29)28-19/h4-11H,25H2,1-3H3,(H,26,27,28)/t11-/m1/s1. The molecule has 0 saturated heterocycles. The number of rotatable bonds is 5. The normalized spacial score (nSPS) is 12.8. The number of aromatic nitrogens is 3. The molecule has 0 spiro atoms. The van der Waals surface area contributed by atoms with Crippen LogP contribution in [0.2, 0.25) is 0 Å². The Balaban J connectivity index is 1.83. The Hall–Kier alpha value is -3.69. The van der Waals surface area contributed by atoms with Gasteiger partial charge in [0.1, 0.15) is 5.82 Å². The van der Waals surface area contributed by atoms with Gasteiger partial charge < -0.3 is 20.5 Å². The van der Waals surface area contributed by atoms with Crippen molar-refractivity contribution in [1.82, 2.24) is 14.4 Å². The van der Waals surface area contributed by atoms with Crippen LogP contribution in [0, 0.1) is 0 Å². The lowest BCUT2D eigenvalue weighted by Gasteiger charge is -2.19. The van der Waals surface area contributed by atoms with Gasteiger partial charge in [-0.3, -0.25) is 4.40 Å². The molecule has 2 aromatic heterocycles. The highest BCUT2D eigenvalue weighted by atomic mass is 19.4. The molecular formula is C21H20F3N5O2. The van der Waals surface area contributed by atoms with Crippen molar-refractivity contribution < 1.29 is 22.6 Å². The van der Waals surface area contributed by atoms with Crippen molar-refractivity contribution in [3.63, 3.8) is 0 Å². The third-order valence-corrected chi connectivity index (χ3v) is 5.01. The first-order valence-electron chi connectivity index (χ1n) is 9.34. The Morgan fingerprint density at radius 3 is 2.45 bits per heavy atom. The van der Waals surface area contributed by atoms with Crippen molar-refractivity contribution in [2.24, 2.45) is 0 Å². The number of imidazole rings is 1. The zero-order chi connectivity index (χ0) is 22.3. The van der Waals surface area contributed by atoms with Crippen LogP contribution < -0.4 is 20.5 Å². The van der Waals surface area contributed by atoms with E-state index in [9.17, 15) is 13.2 Å². The molecule has 2 heterocycles. The fourth-order valence-electron chi connectivity index (χ4n) is 3.47. The van der Waals surface area contributed by atoms with Gasteiger partial charge in [0, 0.05) is 29.5 Å². The number of ether oxygens (including phenoxy) is 2. The first-order valence-corrected chi connectivity index (χ1v) is 9.34. The topological polar surface area (TPSA) is 86.7 Å². The Bertz CT molecular complexity index is 1270. The highest BCUT2D eigenvalue weighted by molar-refractivity contribution is 5.93. The number of hydrogen-bond donors (Lipinski definition) is 2. The Morgan fingerprint density at radius 2 is 1.77 bits per heavy atom. The first kappa shape index (κ1) is 20.6. The van der Waals surface area contributed by atoms with Gasteiger partial charge in [0.25, 0.3) is 0 Å². The number of nitrogen functional groups attached to an aromatic ring is 1. The smallest absolute Gasteiger partial charge is 0.416 e. The van der Waals surface area contributed by atoms with Gasteiger partial charge in [0.15, 0.2) is 11.5 Å². The van der Waals surface area contributed by atoms with Gasteiger partial charge in [-0.2, -0.15) is 18.2 Å². The average molecular weight is 431 g/mol. The number of nitrogens with one attached hydrogen (secondary N) is 1. The molecule has 4 aromatic rings. The maximum atomic E-state index is 13.2. The molecule has 10 heteroatoms. The maximum Gasteiger partial charge on any atom is 0.416 e. The first-order chi connectivity index (χ1) is 14.7. The minimum atomic E-state index is -4.49. The van der Waals surface area contributed by atoms with Gasteiger partial charge in [-0.05, 0) is 36.8 Å². The van der Waals surface area contributed by atoms with Gasteiger partial charge in [0.2, 0.25) is 5.78 Å². The molecule has 162 valence electrons. The Kier molecular flexibility index (Phi) is 5.00. The van der Waals surface area contributed by atoms with Crippen LogP contribution in [-0.2, 0) is 6.18 Å². The van der Waals surface area contributed by atoms with E-state index in [-0.39, 0.29) is 5.69 Å². The zero-order valence-electron chi connectivity index (χ0n) is 17.0. The molecule has 3 N–H and O–H groups in total. The van der Waals surface area contributed by atoms with Gasteiger partial charge >= 0.3 is 6.18 Å². The number of benzene rings is 2. The van der Waals surface area contributed by atoms with E-state index in [1.165, 1.54) is 20.3 Å². The summed E-state index contributed by atoms with van der Waals surface area (Å²) in [6.07, 6.45) is -1.12. The molecule has 0 aliphatic carbocycles. The van der Waals surface area contributed by atoms with Gasteiger partial charge in [-0.15, -0.1) is 0 Å². The minimum Gasteiger partial charge on any atom is -0.493 e. The fourth-order valence-corrected chi connectivity index (χ4v) is 3.47. The molecule has 2 aromatic carbocycles. The second-order valence-corrected chi connectivity index (χ2v) is 7.03. The Labute approximate surface area is 175 Å². The van der Waals surface area contributed by atoms with Crippen LogP contribution in [0.3, 0.4) is 0 Å². The maximum absolute atomic E-state index is 13.2. The van der Waals surface area contributed by atoms with Gasteiger partial charge in [0.05, 0.1) is 31.3 Å². The summed E-state index contributed by atoms with van der Waals surface area (Å²) < 4.78 is 52.2. The summed E-state index contributed by atoms with van der Waals surface area (Å²) in [5.74, 6) is 1.90. The molecule has 0 aliphatic heterocycles. The highest BCUT2D eigenvalue weighted by Gasteiger charge is 2.31. The van der Waals surface area contributed by atoms with Crippen molar-refractivity contribution >= 4 is 28.2 Å². The molecule has 1 atom stereocenters. The van der Waals surface area contributed by atoms with E-state index in [0.717, 1.165) is 17.6 Å². The quantitative estimate of drug-likeness (QED) is 0.447. The molecule has 31 heavy (non-hydrogen) atoms. The van der Waals surface area contributed by atoms with E-state index < -0.39 is 17.8 Å². The molecule has 0 aliphatic rings. The van der Waals surface area contributed by atoms with Crippen molar-refractivity contribution in [2.45, 2.75) is 19.1 Å². The molecule has 7 nitrogen and oxygen atoms in total. The molecule has 0 bridgehead atoms. The van der Waals surface area contributed by atoms with Crippen LogP contribution in [0.25, 0.3) is 16.7 Å². The number of alkyl halides is 3.